The molecule has 0 aliphatic carbocycles. The number of carbonyl (C=O) groups excluding carboxylic acids is 2. The highest BCUT2D eigenvalue weighted by atomic mass is 16.7. The fraction of sp³-hybridized carbons (Fsp3) is 0.278. The summed E-state index contributed by atoms with van der Waals surface area (Å²) in [5, 5.41) is 2.75. The fourth-order valence-electron chi connectivity index (χ4n) is 2.57. The van der Waals surface area contributed by atoms with E-state index in [4.69, 9.17) is 14.2 Å². The second kappa shape index (κ2) is 7.65. The van der Waals surface area contributed by atoms with E-state index >= 15 is 0 Å². The maximum absolute atomic E-state index is 12.1. The van der Waals surface area contributed by atoms with Crippen LogP contribution in [0.1, 0.15) is 15.9 Å². The molecule has 130 valence electrons. The molecule has 1 aromatic heterocycles. The molecule has 0 fully saturated rings. The van der Waals surface area contributed by atoms with Crippen LogP contribution in [0.15, 0.2) is 42.7 Å². The van der Waals surface area contributed by atoms with Gasteiger partial charge in [-0.3, -0.25) is 14.6 Å². The van der Waals surface area contributed by atoms with Crippen LogP contribution in [0, 0.1) is 5.92 Å². The van der Waals surface area contributed by atoms with Gasteiger partial charge in [0.25, 0.3) is 5.91 Å². The van der Waals surface area contributed by atoms with E-state index in [-0.39, 0.29) is 25.2 Å². The zero-order chi connectivity index (χ0) is 17.6. The first-order valence-corrected chi connectivity index (χ1v) is 7.82. The van der Waals surface area contributed by atoms with E-state index in [9.17, 15) is 9.59 Å². The van der Waals surface area contributed by atoms with Gasteiger partial charge in [0.2, 0.25) is 6.79 Å². The van der Waals surface area contributed by atoms with Crippen LogP contribution in [0.2, 0.25) is 0 Å². The Morgan fingerprint density at radius 1 is 1.28 bits per heavy atom. The molecule has 2 heterocycles. The lowest BCUT2D eigenvalue weighted by atomic mass is 9.98. The van der Waals surface area contributed by atoms with Crippen LogP contribution in [-0.4, -0.2) is 37.3 Å². The first-order chi connectivity index (χ1) is 12.2. The lowest BCUT2D eigenvalue weighted by molar-refractivity contribution is -0.145. The molecule has 1 aliphatic rings. The number of amides is 1. The molecule has 1 aliphatic heterocycles. The summed E-state index contributed by atoms with van der Waals surface area (Å²) < 4.78 is 15.5. The number of hydrogen-bond acceptors (Lipinski definition) is 6. The summed E-state index contributed by atoms with van der Waals surface area (Å²) in [6.45, 7) is 0.356. The molecule has 1 N–H and O–H groups in total. The van der Waals surface area contributed by atoms with Gasteiger partial charge in [0.1, 0.15) is 0 Å². The Morgan fingerprint density at radius 2 is 2.12 bits per heavy atom. The summed E-state index contributed by atoms with van der Waals surface area (Å²) >= 11 is 0. The van der Waals surface area contributed by atoms with Crippen LogP contribution >= 0.6 is 0 Å². The second-order valence-corrected chi connectivity index (χ2v) is 5.56. The number of ether oxygens (including phenoxy) is 3. The number of aromatic nitrogens is 1. The number of nitrogens with one attached hydrogen (secondary N) is 1. The molecule has 0 saturated heterocycles. The Kier molecular flexibility index (Phi) is 5.13. The number of nitrogens with zero attached hydrogens (tertiary/aromatic N) is 1. The van der Waals surface area contributed by atoms with E-state index < -0.39 is 5.92 Å². The van der Waals surface area contributed by atoms with Crippen molar-refractivity contribution in [2.24, 2.45) is 5.92 Å². The highest BCUT2D eigenvalue weighted by molar-refractivity contribution is 5.94. The molecule has 1 amide bonds. The predicted molar refractivity (Wildman–Crippen MR) is 88.3 cm³/mol. The van der Waals surface area contributed by atoms with Gasteiger partial charge in [0.05, 0.1) is 18.6 Å². The zero-order valence-corrected chi connectivity index (χ0v) is 13.7. The first-order valence-electron chi connectivity index (χ1n) is 7.82. The number of carbonyl (C=O) groups is 2. The van der Waals surface area contributed by atoms with E-state index in [0.717, 1.165) is 5.56 Å². The summed E-state index contributed by atoms with van der Waals surface area (Å²) in [6, 6.07) is 8.85. The highest BCUT2D eigenvalue weighted by Crippen LogP contribution is 2.33. The zero-order valence-electron chi connectivity index (χ0n) is 13.7. The van der Waals surface area contributed by atoms with Crippen molar-refractivity contribution in [3.63, 3.8) is 0 Å². The third kappa shape index (κ3) is 4.06. The van der Waals surface area contributed by atoms with Gasteiger partial charge in [0, 0.05) is 18.9 Å². The minimum atomic E-state index is -0.508. The average molecular weight is 342 g/mol. The molecule has 1 unspecified atom stereocenters. The number of methoxy groups -OCH3 is 1. The summed E-state index contributed by atoms with van der Waals surface area (Å²) in [4.78, 5) is 28.1. The van der Waals surface area contributed by atoms with E-state index in [1.54, 1.807) is 24.4 Å². The van der Waals surface area contributed by atoms with Gasteiger partial charge in [-0.2, -0.15) is 0 Å². The number of hydrogen-bond donors (Lipinski definition) is 1. The van der Waals surface area contributed by atoms with E-state index in [2.05, 4.69) is 10.3 Å². The largest absolute Gasteiger partial charge is 0.469 e. The van der Waals surface area contributed by atoms with E-state index in [1.807, 2.05) is 12.1 Å². The van der Waals surface area contributed by atoms with Gasteiger partial charge in [-0.25, -0.2) is 0 Å². The van der Waals surface area contributed by atoms with Crippen molar-refractivity contribution in [3.05, 3.63) is 53.9 Å². The standard InChI is InChI=1S/C18H18N2O5/c1-23-18(22)14(10-20-17(21)13-3-2-6-19-9-13)7-12-4-5-15-16(8-12)25-11-24-15/h2-6,8-9,14H,7,10-11H2,1H3,(H,20,21). The molecule has 25 heavy (non-hydrogen) atoms. The van der Waals surface area contributed by atoms with Gasteiger partial charge in [0.15, 0.2) is 11.5 Å². The smallest absolute Gasteiger partial charge is 0.310 e. The van der Waals surface area contributed by atoms with Crippen LogP contribution in [0.5, 0.6) is 11.5 Å². The van der Waals surface area contributed by atoms with Gasteiger partial charge in [-0.05, 0) is 36.2 Å². The quantitative estimate of drug-likeness (QED) is 0.802. The molecule has 0 radical (unpaired) electrons. The Bertz CT molecular complexity index is 763. The molecule has 0 bridgehead atoms. The third-order valence-corrected chi connectivity index (χ3v) is 3.89. The van der Waals surface area contributed by atoms with E-state index in [1.165, 1.54) is 13.3 Å². The topological polar surface area (TPSA) is 86.8 Å². The highest BCUT2D eigenvalue weighted by Gasteiger charge is 2.22. The maximum atomic E-state index is 12.1. The van der Waals surface area contributed by atoms with Gasteiger partial charge >= 0.3 is 5.97 Å². The summed E-state index contributed by atoms with van der Waals surface area (Å²) in [5.41, 5.74) is 1.34. The van der Waals surface area contributed by atoms with Gasteiger partial charge in [-0.1, -0.05) is 6.07 Å². The molecule has 0 saturated carbocycles. The number of fused-ring (bicyclic) bond motifs is 1. The third-order valence-electron chi connectivity index (χ3n) is 3.89. The predicted octanol–water partition coefficient (Wildman–Crippen LogP) is 1.57. The van der Waals surface area contributed by atoms with Gasteiger partial charge < -0.3 is 19.5 Å². The minimum Gasteiger partial charge on any atom is -0.469 e. The van der Waals surface area contributed by atoms with Crippen LogP contribution in [0.4, 0.5) is 0 Å². The Labute approximate surface area is 144 Å². The SMILES string of the molecule is COC(=O)C(CNC(=O)c1cccnc1)Cc1ccc2c(c1)OCO2. The minimum absolute atomic E-state index is 0.162. The lowest BCUT2D eigenvalue weighted by Gasteiger charge is -2.16. The van der Waals surface area contributed by atoms with Crippen molar-refractivity contribution in [3.8, 4) is 11.5 Å². The van der Waals surface area contributed by atoms with Crippen molar-refractivity contribution in [2.45, 2.75) is 6.42 Å². The lowest BCUT2D eigenvalue weighted by Crippen LogP contribution is -2.34. The monoisotopic (exact) mass is 342 g/mol. The average Bonchev–Trinajstić information content (AvgIpc) is 3.12. The fourth-order valence-corrected chi connectivity index (χ4v) is 2.57. The van der Waals surface area contributed by atoms with Crippen molar-refractivity contribution in [1.82, 2.24) is 10.3 Å². The number of pyridine rings is 1. The number of esters is 1. The molecular weight excluding hydrogens is 324 g/mol. The van der Waals surface area contributed by atoms with E-state index in [0.29, 0.717) is 23.5 Å². The normalized spacial score (nSPS) is 13.2. The Balaban J connectivity index is 1.66. The Morgan fingerprint density at radius 3 is 2.88 bits per heavy atom. The van der Waals surface area contributed by atoms with Crippen molar-refractivity contribution >= 4 is 11.9 Å². The first kappa shape index (κ1) is 16.8. The number of benzene rings is 1. The maximum Gasteiger partial charge on any atom is 0.310 e. The summed E-state index contributed by atoms with van der Waals surface area (Å²) in [6.07, 6.45) is 3.48. The van der Waals surface area contributed by atoms with Crippen LogP contribution in [-0.2, 0) is 16.0 Å². The van der Waals surface area contributed by atoms with Crippen molar-refractivity contribution in [1.29, 1.82) is 0 Å². The summed E-state index contributed by atoms with van der Waals surface area (Å²) in [5.74, 6) is 0.159. The summed E-state index contributed by atoms with van der Waals surface area (Å²) in [7, 11) is 1.33. The molecule has 7 nitrogen and oxygen atoms in total. The molecule has 1 atom stereocenters. The van der Waals surface area contributed by atoms with Crippen molar-refractivity contribution < 1.29 is 23.8 Å². The molecule has 0 spiro atoms. The molecule has 7 heteroatoms. The molecule has 3 rings (SSSR count). The van der Waals surface area contributed by atoms with Crippen LogP contribution < -0.4 is 14.8 Å². The molecular formula is C18H18N2O5. The van der Waals surface area contributed by atoms with Gasteiger partial charge in [-0.15, -0.1) is 0 Å². The van der Waals surface area contributed by atoms with Crippen LogP contribution in [0.25, 0.3) is 0 Å². The van der Waals surface area contributed by atoms with Crippen LogP contribution in [0.3, 0.4) is 0 Å². The van der Waals surface area contributed by atoms with Crippen molar-refractivity contribution in [2.75, 3.05) is 20.4 Å². The molecule has 2 aromatic rings. The molecule has 1 aromatic carbocycles. The Hall–Kier alpha value is -3.09. The number of rotatable bonds is 6. The second-order valence-electron chi connectivity index (χ2n) is 5.56.